The molecule has 3 atom stereocenters. The van der Waals surface area contributed by atoms with Crippen molar-refractivity contribution in [1.82, 2.24) is 5.32 Å². The maximum absolute atomic E-state index is 3.94. The normalized spacial score (nSPS) is 31.9. The third-order valence-electron chi connectivity index (χ3n) is 4.75. The number of hydrogen-bond donors (Lipinski definition) is 1. The Labute approximate surface area is 111 Å². The fourth-order valence-electron chi connectivity index (χ4n) is 3.74. The van der Waals surface area contributed by atoms with Gasteiger partial charge in [-0.15, -0.1) is 0 Å². The highest BCUT2D eigenvalue weighted by molar-refractivity contribution is 5.31. The molecule has 0 aliphatic heterocycles. The Morgan fingerprint density at radius 1 is 1.06 bits per heavy atom. The van der Waals surface area contributed by atoms with Crippen molar-refractivity contribution in [2.45, 2.75) is 64.0 Å². The van der Waals surface area contributed by atoms with Crippen LogP contribution in [0.25, 0.3) is 0 Å². The van der Waals surface area contributed by atoms with Gasteiger partial charge in [0.15, 0.2) is 0 Å². The number of nitrogens with one attached hydrogen (secondary N) is 1. The summed E-state index contributed by atoms with van der Waals surface area (Å²) in [6.45, 7) is 2.39. The summed E-state index contributed by atoms with van der Waals surface area (Å²) in [7, 11) is 0. The molecular formula is C17H25N. The van der Waals surface area contributed by atoms with Crippen molar-refractivity contribution < 1.29 is 0 Å². The molecule has 2 aliphatic rings. The highest BCUT2D eigenvalue weighted by Gasteiger charge is 2.25. The number of aryl methyl sites for hydroxylation is 1. The molecule has 1 heteroatoms. The van der Waals surface area contributed by atoms with E-state index in [4.69, 9.17) is 0 Å². The number of fused-ring (bicyclic) bond motifs is 1. The molecule has 2 aliphatic carbocycles. The monoisotopic (exact) mass is 243 g/mol. The van der Waals surface area contributed by atoms with Crippen LogP contribution in [0, 0.1) is 5.92 Å². The quantitative estimate of drug-likeness (QED) is 0.766. The van der Waals surface area contributed by atoms with E-state index < -0.39 is 0 Å². The largest absolute Gasteiger partial charge is 0.307 e. The highest BCUT2D eigenvalue weighted by Crippen LogP contribution is 2.32. The molecule has 0 amide bonds. The summed E-state index contributed by atoms with van der Waals surface area (Å²) in [5, 5.41) is 3.94. The van der Waals surface area contributed by atoms with Crippen LogP contribution in [0.5, 0.6) is 0 Å². The van der Waals surface area contributed by atoms with Gasteiger partial charge in [-0.1, -0.05) is 37.6 Å². The van der Waals surface area contributed by atoms with Crippen LogP contribution in [0.1, 0.15) is 62.6 Å². The van der Waals surface area contributed by atoms with E-state index in [1.165, 1.54) is 44.9 Å². The van der Waals surface area contributed by atoms with E-state index in [9.17, 15) is 0 Å². The molecule has 0 spiro atoms. The van der Waals surface area contributed by atoms with Gasteiger partial charge in [0, 0.05) is 12.1 Å². The van der Waals surface area contributed by atoms with Crippen LogP contribution in [0.4, 0.5) is 0 Å². The third kappa shape index (κ3) is 2.61. The zero-order valence-electron chi connectivity index (χ0n) is 11.5. The first-order valence-corrected chi connectivity index (χ1v) is 7.67. The third-order valence-corrected chi connectivity index (χ3v) is 4.75. The van der Waals surface area contributed by atoms with E-state index in [1.54, 1.807) is 11.1 Å². The predicted octanol–water partition coefficient (Wildman–Crippen LogP) is 4.23. The van der Waals surface area contributed by atoms with Gasteiger partial charge in [-0.2, -0.15) is 0 Å². The fourth-order valence-corrected chi connectivity index (χ4v) is 3.74. The van der Waals surface area contributed by atoms with Gasteiger partial charge in [0.1, 0.15) is 0 Å². The van der Waals surface area contributed by atoms with Gasteiger partial charge in [0.05, 0.1) is 0 Å². The molecule has 0 aromatic heterocycles. The summed E-state index contributed by atoms with van der Waals surface area (Å²) in [5.74, 6) is 0.920. The summed E-state index contributed by atoms with van der Waals surface area (Å²) in [6.07, 6.45) is 9.48. The zero-order valence-corrected chi connectivity index (χ0v) is 11.5. The minimum Gasteiger partial charge on any atom is -0.307 e. The van der Waals surface area contributed by atoms with Gasteiger partial charge in [-0.05, 0) is 55.6 Å². The fraction of sp³-hybridized carbons (Fsp3) is 0.647. The molecule has 1 nitrogen and oxygen atoms in total. The van der Waals surface area contributed by atoms with Crippen molar-refractivity contribution in [2.75, 3.05) is 0 Å². The smallest absolute Gasteiger partial charge is 0.0325 e. The second kappa shape index (κ2) is 5.44. The Morgan fingerprint density at radius 3 is 2.78 bits per heavy atom. The van der Waals surface area contributed by atoms with Crippen LogP contribution in [0.3, 0.4) is 0 Å². The molecule has 1 aromatic carbocycles. The molecule has 0 saturated heterocycles. The number of hydrogen-bond acceptors (Lipinski definition) is 1. The Hall–Kier alpha value is -0.820. The lowest BCUT2D eigenvalue weighted by Gasteiger charge is -2.23. The maximum atomic E-state index is 3.94. The van der Waals surface area contributed by atoms with Gasteiger partial charge in [0.2, 0.25) is 0 Å². The Morgan fingerprint density at radius 2 is 1.94 bits per heavy atom. The van der Waals surface area contributed by atoms with Crippen molar-refractivity contribution in [3.63, 3.8) is 0 Å². The predicted molar refractivity (Wildman–Crippen MR) is 76.7 cm³/mol. The average Bonchev–Trinajstić information content (AvgIpc) is 2.68. The molecule has 0 bridgehead atoms. The van der Waals surface area contributed by atoms with Gasteiger partial charge >= 0.3 is 0 Å². The summed E-state index contributed by atoms with van der Waals surface area (Å²) in [6, 6.07) is 10.4. The van der Waals surface area contributed by atoms with E-state index in [2.05, 4.69) is 36.5 Å². The summed E-state index contributed by atoms with van der Waals surface area (Å²) >= 11 is 0. The lowest BCUT2D eigenvalue weighted by atomic mass is 9.98. The first-order valence-electron chi connectivity index (χ1n) is 7.67. The lowest BCUT2D eigenvalue weighted by Crippen LogP contribution is -2.31. The zero-order chi connectivity index (χ0) is 12.4. The summed E-state index contributed by atoms with van der Waals surface area (Å²) in [5.41, 5.74) is 3.16. The lowest BCUT2D eigenvalue weighted by molar-refractivity contribution is 0.408. The molecule has 0 heterocycles. The van der Waals surface area contributed by atoms with Crippen LogP contribution in [-0.4, -0.2) is 6.04 Å². The number of rotatable bonds is 2. The van der Waals surface area contributed by atoms with E-state index >= 15 is 0 Å². The van der Waals surface area contributed by atoms with Crippen LogP contribution in [0.15, 0.2) is 24.3 Å². The molecular weight excluding hydrogens is 218 g/mol. The first-order chi connectivity index (χ1) is 8.83. The molecule has 1 N–H and O–H groups in total. The second-order valence-corrected chi connectivity index (χ2v) is 6.28. The van der Waals surface area contributed by atoms with Crippen molar-refractivity contribution in [3.05, 3.63) is 35.4 Å². The van der Waals surface area contributed by atoms with Crippen molar-refractivity contribution in [1.29, 1.82) is 0 Å². The standard InChI is InChI=1S/C17H25N/c1-13-10-11-15(12-13)18-17-9-5-3-7-14-6-2-4-8-16(14)17/h2,4,6,8,13,15,17-18H,3,5,7,9-12H2,1H3. The molecule has 1 saturated carbocycles. The van der Waals surface area contributed by atoms with Crippen molar-refractivity contribution in [3.8, 4) is 0 Å². The van der Waals surface area contributed by atoms with E-state index in [0.29, 0.717) is 6.04 Å². The molecule has 1 fully saturated rings. The van der Waals surface area contributed by atoms with Crippen molar-refractivity contribution >= 4 is 0 Å². The highest BCUT2D eigenvalue weighted by atomic mass is 15.0. The van der Waals surface area contributed by atoms with E-state index in [-0.39, 0.29) is 0 Å². The van der Waals surface area contributed by atoms with Crippen LogP contribution < -0.4 is 5.32 Å². The average molecular weight is 243 g/mol. The maximum Gasteiger partial charge on any atom is 0.0325 e. The Kier molecular flexibility index (Phi) is 3.69. The Balaban J connectivity index is 1.75. The van der Waals surface area contributed by atoms with Crippen LogP contribution in [0.2, 0.25) is 0 Å². The molecule has 3 rings (SSSR count). The first kappa shape index (κ1) is 12.2. The van der Waals surface area contributed by atoms with Gasteiger partial charge in [0.25, 0.3) is 0 Å². The molecule has 1 aromatic rings. The van der Waals surface area contributed by atoms with E-state index in [0.717, 1.165) is 12.0 Å². The van der Waals surface area contributed by atoms with Gasteiger partial charge in [-0.3, -0.25) is 0 Å². The topological polar surface area (TPSA) is 12.0 Å². The number of benzene rings is 1. The molecule has 98 valence electrons. The second-order valence-electron chi connectivity index (χ2n) is 6.28. The summed E-state index contributed by atoms with van der Waals surface area (Å²) < 4.78 is 0. The van der Waals surface area contributed by atoms with Gasteiger partial charge < -0.3 is 5.32 Å². The molecule has 3 unspecified atom stereocenters. The molecule has 18 heavy (non-hydrogen) atoms. The van der Waals surface area contributed by atoms with Crippen LogP contribution >= 0.6 is 0 Å². The van der Waals surface area contributed by atoms with Gasteiger partial charge in [-0.25, -0.2) is 0 Å². The SMILES string of the molecule is CC1CCC(NC2CCCCc3ccccc32)C1. The summed E-state index contributed by atoms with van der Waals surface area (Å²) in [4.78, 5) is 0. The van der Waals surface area contributed by atoms with E-state index in [1.807, 2.05) is 0 Å². The van der Waals surface area contributed by atoms with Crippen LogP contribution in [-0.2, 0) is 6.42 Å². The minimum absolute atomic E-state index is 0.610. The molecule has 0 radical (unpaired) electrons. The minimum atomic E-state index is 0.610. The van der Waals surface area contributed by atoms with Crippen molar-refractivity contribution in [2.24, 2.45) is 5.92 Å². The Bertz CT molecular complexity index is 398.